The van der Waals surface area contributed by atoms with Gasteiger partial charge in [-0.25, -0.2) is 0 Å². The van der Waals surface area contributed by atoms with Crippen molar-refractivity contribution in [3.8, 4) is 0 Å². The normalized spacial score (nSPS) is 15.3. The Morgan fingerprint density at radius 2 is 1.95 bits per heavy atom. The molecule has 0 atom stereocenters. The first kappa shape index (κ1) is 15.0. The molecule has 1 saturated heterocycles. The highest BCUT2D eigenvalue weighted by Crippen LogP contribution is 2.16. The van der Waals surface area contributed by atoms with Crippen LogP contribution >= 0.6 is 39.9 Å². The van der Waals surface area contributed by atoms with E-state index in [1.54, 1.807) is 0 Å². The third-order valence-corrected chi connectivity index (χ3v) is 4.81. The average molecular weight is 360 g/mol. The van der Waals surface area contributed by atoms with Crippen molar-refractivity contribution in [1.82, 2.24) is 4.90 Å². The zero-order valence-electron chi connectivity index (χ0n) is 10.3. The van der Waals surface area contributed by atoms with Gasteiger partial charge in [0.2, 0.25) is 0 Å². The molecular weight excluding hydrogens is 346 g/mol. The molecule has 1 heterocycles. The SMILES string of the molecule is O=C(CSC(=S)N1CCOCC1)c1ccc(Br)cc1. The molecule has 6 heteroatoms. The molecule has 1 aromatic rings. The molecule has 0 unspecified atom stereocenters. The largest absolute Gasteiger partial charge is 0.378 e. The van der Waals surface area contributed by atoms with E-state index in [2.05, 4.69) is 20.8 Å². The number of thioether (sulfide) groups is 1. The molecule has 0 aromatic heterocycles. The van der Waals surface area contributed by atoms with Gasteiger partial charge in [-0.2, -0.15) is 0 Å². The number of carbonyl (C=O) groups excluding carboxylic acids is 1. The quantitative estimate of drug-likeness (QED) is 0.611. The minimum Gasteiger partial charge on any atom is -0.378 e. The van der Waals surface area contributed by atoms with Crippen LogP contribution in [-0.4, -0.2) is 47.1 Å². The summed E-state index contributed by atoms with van der Waals surface area (Å²) in [7, 11) is 0. The first-order valence-electron chi connectivity index (χ1n) is 5.95. The number of thiocarbonyl (C=S) groups is 1. The second-order valence-electron chi connectivity index (χ2n) is 4.08. The number of carbonyl (C=O) groups is 1. The minimum absolute atomic E-state index is 0.105. The molecule has 0 N–H and O–H groups in total. The Kier molecular flexibility index (Phi) is 5.81. The van der Waals surface area contributed by atoms with E-state index in [-0.39, 0.29) is 5.78 Å². The first-order chi connectivity index (χ1) is 9.16. The third kappa shape index (κ3) is 4.56. The molecule has 1 aromatic carbocycles. The summed E-state index contributed by atoms with van der Waals surface area (Å²) in [6.07, 6.45) is 0. The molecule has 0 radical (unpaired) electrons. The van der Waals surface area contributed by atoms with E-state index in [0.29, 0.717) is 19.0 Å². The molecule has 0 bridgehead atoms. The van der Waals surface area contributed by atoms with Crippen LogP contribution in [0.5, 0.6) is 0 Å². The first-order valence-corrected chi connectivity index (χ1v) is 8.14. The number of hydrogen-bond acceptors (Lipinski definition) is 4. The lowest BCUT2D eigenvalue weighted by Gasteiger charge is -2.28. The molecule has 0 aliphatic carbocycles. The van der Waals surface area contributed by atoms with Crippen molar-refractivity contribution in [3.05, 3.63) is 34.3 Å². The fraction of sp³-hybridized carbons (Fsp3) is 0.385. The van der Waals surface area contributed by atoms with Crippen LogP contribution in [0.4, 0.5) is 0 Å². The predicted octanol–water partition coefficient (Wildman–Crippen LogP) is 2.98. The van der Waals surface area contributed by atoms with E-state index in [0.717, 1.165) is 27.4 Å². The Bertz CT molecular complexity index is 458. The van der Waals surface area contributed by atoms with Gasteiger partial charge in [-0.15, -0.1) is 0 Å². The number of ether oxygens (including phenoxy) is 1. The highest BCUT2D eigenvalue weighted by atomic mass is 79.9. The van der Waals surface area contributed by atoms with Crippen molar-refractivity contribution in [3.63, 3.8) is 0 Å². The summed E-state index contributed by atoms with van der Waals surface area (Å²) < 4.78 is 7.03. The molecule has 3 nitrogen and oxygen atoms in total. The molecule has 0 saturated carbocycles. The van der Waals surface area contributed by atoms with Gasteiger partial charge < -0.3 is 9.64 Å². The molecule has 0 amide bonds. The Balaban J connectivity index is 1.82. The summed E-state index contributed by atoms with van der Waals surface area (Å²) >= 11 is 10.1. The lowest BCUT2D eigenvalue weighted by Crippen LogP contribution is -2.38. The molecule has 0 spiro atoms. The summed E-state index contributed by atoms with van der Waals surface area (Å²) in [5.74, 6) is 0.491. The van der Waals surface area contributed by atoms with Gasteiger partial charge in [-0.3, -0.25) is 4.79 Å². The number of Topliss-reactive ketones (excluding diaryl/α,β-unsaturated/α-hetero) is 1. The number of halogens is 1. The Labute approximate surface area is 130 Å². The predicted molar refractivity (Wildman–Crippen MR) is 85.9 cm³/mol. The van der Waals surface area contributed by atoms with Gasteiger partial charge in [0.25, 0.3) is 0 Å². The smallest absolute Gasteiger partial charge is 0.173 e. The van der Waals surface area contributed by atoms with Gasteiger partial charge in [0.1, 0.15) is 4.32 Å². The zero-order chi connectivity index (χ0) is 13.7. The maximum absolute atomic E-state index is 12.0. The van der Waals surface area contributed by atoms with Crippen molar-refractivity contribution >= 4 is 50.0 Å². The van der Waals surface area contributed by atoms with E-state index in [4.69, 9.17) is 17.0 Å². The lowest BCUT2D eigenvalue weighted by molar-refractivity contribution is 0.0702. The van der Waals surface area contributed by atoms with Crippen LogP contribution in [0.25, 0.3) is 0 Å². The topological polar surface area (TPSA) is 29.5 Å². The van der Waals surface area contributed by atoms with E-state index in [1.807, 2.05) is 24.3 Å². The second-order valence-corrected chi connectivity index (χ2v) is 6.61. The van der Waals surface area contributed by atoms with Gasteiger partial charge in [0.15, 0.2) is 5.78 Å². The van der Waals surface area contributed by atoms with Crippen molar-refractivity contribution < 1.29 is 9.53 Å². The number of morpholine rings is 1. The minimum atomic E-state index is 0.105. The molecule has 2 rings (SSSR count). The number of nitrogens with zero attached hydrogens (tertiary/aromatic N) is 1. The van der Waals surface area contributed by atoms with E-state index < -0.39 is 0 Å². The highest BCUT2D eigenvalue weighted by Gasteiger charge is 2.15. The number of benzene rings is 1. The number of ketones is 1. The van der Waals surface area contributed by atoms with Crippen LogP contribution in [0.3, 0.4) is 0 Å². The van der Waals surface area contributed by atoms with Gasteiger partial charge in [-0.1, -0.05) is 52.0 Å². The summed E-state index contributed by atoms with van der Waals surface area (Å²) in [6.45, 7) is 3.05. The fourth-order valence-electron chi connectivity index (χ4n) is 1.68. The average Bonchev–Trinajstić information content (AvgIpc) is 2.46. The Hall–Kier alpha value is -0.430. The van der Waals surface area contributed by atoms with Crippen LogP contribution in [-0.2, 0) is 4.74 Å². The van der Waals surface area contributed by atoms with E-state index in [9.17, 15) is 4.79 Å². The molecular formula is C13H14BrNO2S2. The Morgan fingerprint density at radius 1 is 1.32 bits per heavy atom. The molecule has 19 heavy (non-hydrogen) atoms. The van der Waals surface area contributed by atoms with Gasteiger partial charge in [0, 0.05) is 23.1 Å². The number of hydrogen-bond donors (Lipinski definition) is 0. The van der Waals surface area contributed by atoms with Gasteiger partial charge >= 0.3 is 0 Å². The van der Waals surface area contributed by atoms with Gasteiger partial charge in [0.05, 0.1) is 19.0 Å². The lowest BCUT2D eigenvalue weighted by atomic mass is 10.2. The van der Waals surface area contributed by atoms with E-state index in [1.165, 1.54) is 11.8 Å². The van der Waals surface area contributed by atoms with Gasteiger partial charge in [-0.05, 0) is 12.1 Å². The van der Waals surface area contributed by atoms with Crippen LogP contribution < -0.4 is 0 Å². The van der Waals surface area contributed by atoms with E-state index >= 15 is 0 Å². The molecule has 1 aliphatic heterocycles. The van der Waals surface area contributed by atoms with Crippen molar-refractivity contribution in [2.45, 2.75) is 0 Å². The second kappa shape index (κ2) is 7.38. The van der Waals surface area contributed by atoms with Crippen LogP contribution in [0, 0.1) is 0 Å². The maximum atomic E-state index is 12.0. The van der Waals surface area contributed by atoms with Crippen LogP contribution in [0.2, 0.25) is 0 Å². The standard InChI is InChI=1S/C13H14BrNO2S2/c14-11-3-1-10(2-4-11)12(16)9-19-13(18)15-5-7-17-8-6-15/h1-4H,5-9H2. The highest BCUT2D eigenvalue weighted by molar-refractivity contribution is 9.10. The fourth-order valence-corrected chi connectivity index (χ4v) is 3.09. The Morgan fingerprint density at radius 3 is 2.58 bits per heavy atom. The summed E-state index contributed by atoms with van der Waals surface area (Å²) in [6, 6.07) is 7.39. The summed E-state index contributed by atoms with van der Waals surface area (Å²) in [5.41, 5.74) is 0.723. The molecule has 1 fully saturated rings. The van der Waals surface area contributed by atoms with Crippen LogP contribution in [0.1, 0.15) is 10.4 Å². The number of rotatable bonds is 3. The summed E-state index contributed by atoms with van der Waals surface area (Å²) in [5, 5.41) is 0. The molecule has 1 aliphatic rings. The summed E-state index contributed by atoms with van der Waals surface area (Å²) in [4.78, 5) is 14.1. The van der Waals surface area contributed by atoms with Crippen LogP contribution in [0.15, 0.2) is 28.7 Å². The zero-order valence-corrected chi connectivity index (χ0v) is 13.5. The third-order valence-electron chi connectivity index (χ3n) is 2.76. The van der Waals surface area contributed by atoms with Crippen molar-refractivity contribution in [2.24, 2.45) is 0 Å². The molecule has 102 valence electrons. The maximum Gasteiger partial charge on any atom is 0.173 e. The van der Waals surface area contributed by atoms with Crippen molar-refractivity contribution in [2.75, 3.05) is 32.1 Å². The monoisotopic (exact) mass is 359 g/mol. The van der Waals surface area contributed by atoms with Crippen molar-refractivity contribution in [1.29, 1.82) is 0 Å².